The topological polar surface area (TPSA) is 101 Å². The molecule has 2 N–H and O–H groups in total. The first-order valence-corrected chi connectivity index (χ1v) is 9.70. The highest BCUT2D eigenvalue weighted by Gasteiger charge is 2.17. The first-order valence-electron chi connectivity index (χ1n) is 9.70. The molecule has 1 amide bonds. The molecule has 9 heteroatoms. The van der Waals surface area contributed by atoms with Crippen LogP contribution in [0.15, 0.2) is 28.7 Å². The highest BCUT2D eigenvalue weighted by molar-refractivity contribution is 5.91. The Hall–Kier alpha value is -3.04. The monoisotopic (exact) mass is 395 g/mol. The summed E-state index contributed by atoms with van der Waals surface area (Å²) in [4.78, 5) is 23.8. The highest BCUT2D eigenvalue weighted by atomic mass is 16.3. The molecule has 4 rings (SSSR count). The fourth-order valence-corrected chi connectivity index (χ4v) is 3.39. The van der Waals surface area contributed by atoms with Crippen LogP contribution in [-0.4, -0.2) is 63.3 Å². The van der Waals surface area contributed by atoms with Crippen LogP contribution in [0.25, 0.3) is 17.4 Å². The van der Waals surface area contributed by atoms with Crippen molar-refractivity contribution in [3.8, 4) is 17.4 Å². The van der Waals surface area contributed by atoms with Crippen molar-refractivity contribution in [2.75, 3.05) is 38.0 Å². The molecule has 0 bridgehead atoms. The Kier molecular flexibility index (Phi) is 5.41. The molecular weight excluding hydrogens is 370 g/mol. The average Bonchev–Trinajstić information content (AvgIpc) is 3.27. The normalized spacial score (nSPS) is 14.9. The van der Waals surface area contributed by atoms with Crippen LogP contribution in [0.3, 0.4) is 0 Å². The third kappa shape index (κ3) is 4.52. The van der Waals surface area contributed by atoms with Crippen LogP contribution in [-0.2, 0) is 4.79 Å². The fraction of sp³-hybridized carbons (Fsp3) is 0.400. The Bertz CT molecular complexity index is 1020. The molecule has 1 aliphatic heterocycles. The summed E-state index contributed by atoms with van der Waals surface area (Å²) in [6, 6.07) is 7.38. The van der Waals surface area contributed by atoms with Crippen LogP contribution in [0.5, 0.6) is 0 Å². The third-order valence-electron chi connectivity index (χ3n) is 4.74. The lowest BCUT2D eigenvalue weighted by molar-refractivity contribution is -0.117. The second-order valence-corrected chi connectivity index (χ2v) is 7.26. The van der Waals surface area contributed by atoms with E-state index >= 15 is 0 Å². The van der Waals surface area contributed by atoms with Gasteiger partial charge < -0.3 is 15.1 Å². The van der Waals surface area contributed by atoms with Crippen molar-refractivity contribution >= 4 is 11.7 Å². The highest BCUT2D eigenvalue weighted by Crippen LogP contribution is 2.22. The SMILES string of the molecule is Cc1cc(C)n(-c2cc(NC(=O)CN3CCNCC3)nc(-c3ccc(C)o3)n2)n1. The van der Waals surface area contributed by atoms with Gasteiger partial charge in [0, 0.05) is 37.9 Å². The van der Waals surface area contributed by atoms with Gasteiger partial charge in [0.2, 0.25) is 5.91 Å². The average molecular weight is 395 g/mol. The molecule has 9 nitrogen and oxygen atoms in total. The molecule has 3 aromatic rings. The van der Waals surface area contributed by atoms with Crippen LogP contribution < -0.4 is 10.6 Å². The fourth-order valence-electron chi connectivity index (χ4n) is 3.39. The van der Waals surface area contributed by atoms with E-state index in [2.05, 4.69) is 30.6 Å². The Labute approximate surface area is 169 Å². The zero-order valence-corrected chi connectivity index (χ0v) is 16.9. The van der Waals surface area contributed by atoms with Gasteiger partial charge in [-0.3, -0.25) is 9.69 Å². The van der Waals surface area contributed by atoms with Gasteiger partial charge in [-0.25, -0.2) is 14.6 Å². The summed E-state index contributed by atoms with van der Waals surface area (Å²) in [5.41, 5.74) is 1.83. The second kappa shape index (κ2) is 8.14. The minimum absolute atomic E-state index is 0.105. The number of amides is 1. The van der Waals surface area contributed by atoms with Gasteiger partial charge >= 0.3 is 0 Å². The first-order chi connectivity index (χ1) is 14.0. The third-order valence-corrected chi connectivity index (χ3v) is 4.74. The van der Waals surface area contributed by atoms with Crippen LogP contribution in [0.1, 0.15) is 17.1 Å². The van der Waals surface area contributed by atoms with E-state index in [-0.39, 0.29) is 5.91 Å². The standard InChI is InChI=1S/C20H25N7O2/c1-13-10-14(2)27(25-13)18-11-17(22-19(28)12-26-8-6-21-7-9-26)23-20(24-18)16-5-4-15(3)29-16/h4-5,10-11,21H,6-9,12H2,1-3H3,(H,22,23,24,28). The molecule has 1 fully saturated rings. The van der Waals surface area contributed by atoms with Gasteiger partial charge in [-0.05, 0) is 39.0 Å². The summed E-state index contributed by atoms with van der Waals surface area (Å²) in [7, 11) is 0. The number of nitrogens with one attached hydrogen (secondary N) is 2. The maximum Gasteiger partial charge on any atom is 0.239 e. The van der Waals surface area contributed by atoms with Gasteiger partial charge in [0.1, 0.15) is 11.6 Å². The van der Waals surface area contributed by atoms with Crippen molar-refractivity contribution < 1.29 is 9.21 Å². The number of carbonyl (C=O) groups is 1. The number of aromatic nitrogens is 4. The molecule has 0 aliphatic carbocycles. The lowest BCUT2D eigenvalue weighted by atomic mass is 10.3. The van der Waals surface area contributed by atoms with E-state index in [4.69, 9.17) is 4.42 Å². The minimum Gasteiger partial charge on any atom is -0.458 e. The maximum atomic E-state index is 12.6. The molecule has 29 heavy (non-hydrogen) atoms. The quantitative estimate of drug-likeness (QED) is 0.678. The Morgan fingerprint density at radius 2 is 1.97 bits per heavy atom. The molecule has 4 heterocycles. The van der Waals surface area contributed by atoms with Crippen LogP contribution in [0.2, 0.25) is 0 Å². The predicted octanol–water partition coefficient (Wildman–Crippen LogP) is 1.69. The smallest absolute Gasteiger partial charge is 0.239 e. The van der Waals surface area contributed by atoms with Crippen LogP contribution in [0.4, 0.5) is 5.82 Å². The molecule has 0 spiro atoms. The van der Waals surface area contributed by atoms with Crippen LogP contribution in [0, 0.1) is 20.8 Å². The molecule has 1 aliphatic rings. The van der Waals surface area contributed by atoms with Crippen molar-refractivity contribution in [1.82, 2.24) is 30.0 Å². The minimum atomic E-state index is -0.105. The van der Waals surface area contributed by atoms with E-state index in [1.165, 1.54) is 0 Å². The molecule has 152 valence electrons. The first kappa shape index (κ1) is 19.3. The number of aryl methyl sites for hydroxylation is 3. The Morgan fingerprint density at radius 3 is 2.62 bits per heavy atom. The summed E-state index contributed by atoms with van der Waals surface area (Å²) < 4.78 is 7.43. The van der Waals surface area contributed by atoms with Gasteiger partial charge in [-0.15, -0.1) is 0 Å². The molecule has 0 saturated carbocycles. The van der Waals surface area contributed by atoms with Gasteiger partial charge in [0.15, 0.2) is 17.4 Å². The summed E-state index contributed by atoms with van der Waals surface area (Å²) in [6.07, 6.45) is 0. The molecule has 0 atom stereocenters. The van der Waals surface area contributed by atoms with E-state index in [0.717, 1.165) is 43.3 Å². The van der Waals surface area contributed by atoms with E-state index in [9.17, 15) is 4.79 Å². The lowest BCUT2D eigenvalue weighted by Gasteiger charge is -2.26. The van der Waals surface area contributed by atoms with Crippen molar-refractivity contribution in [3.05, 3.63) is 41.4 Å². The number of piperazine rings is 1. The number of hydrogen-bond acceptors (Lipinski definition) is 7. The number of rotatable bonds is 5. The van der Waals surface area contributed by atoms with Crippen LogP contribution >= 0.6 is 0 Å². The number of furan rings is 1. The summed E-state index contributed by atoms with van der Waals surface area (Å²) in [5.74, 6) is 2.61. The summed E-state index contributed by atoms with van der Waals surface area (Å²) in [5, 5.41) is 10.7. The van der Waals surface area contributed by atoms with E-state index < -0.39 is 0 Å². The van der Waals surface area contributed by atoms with Crippen molar-refractivity contribution in [2.24, 2.45) is 0 Å². The maximum absolute atomic E-state index is 12.6. The molecule has 0 radical (unpaired) electrons. The largest absolute Gasteiger partial charge is 0.458 e. The Balaban J connectivity index is 1.64. The summed E-state index contributed by atoms with van der Waals surface area (Å²) in [6.45, 7) is 9.58. The van der Waals surface area contributed by atoms with Gasteiger partial charge in [0.05, 0.1) is 12.2 Å². The molecule has 3 aromatic heterocycles. The molecule has 0 unspecified atom stereocenters. The zero-order valence-electron chi connectivity index (χ0n) is 16.9. The lowest BCUT2D eigenvalue weighted by Crippen LogP contribution is -2.46. The molecule has 0 aromatic carbocycles. The van der Waals surface area contributed by atoms with Gasteiger partial charge in [-0.2, -0.15) is 5.10 Å². The molecule has 1 saturated heterocycles. The number of anilines is 1. The predicted molar refractivity (Wildman–Crippen MR) is 109 cm³/mol. The number of carbonyl (C=O) groups excluding carboxylic acids is 1. The van der Waals surface area contributed by atoms with E-state index in [1.54, 1.807) is 10.7 Å². The van der Waals surface area contributed by atoms with Gasteiger partial charge in [0.25, 0.3) is 0 Å². The number of nitrogens with zero attached hydrogens (tertiary/aromatic N) is 5. The number of hydrogen-bond donors (Lipinski definition) is 2. The zero-order chi connectivity index (χ0) is 20.4. The second-order valence-electron chi connectivity index (χ2n) is 7.26. The summed E-state index contributed by atoms with van der Waals surface area (Å²) >= 11 is 0. The van der Waals surface area contributed by atoms with Crippen molar-refractivity contribution in [1.29, 1.82) is 0 Å². The van der Waals surface area contributed by atoms with E-state index in [0.29, 0.717) is 29.8 Å². The molecular formula is C20H25N7O2. The van der Waals surface area contributed by atoms with Gasteiger partial charge in [-0.1, -0.05) is 0 Å². The Morgan fingerprint density at radius 1 is 1.17 bits per heavy atom. The van der Waals surface area contributed by atoms with Crippen molar-refractivity contribution in [2.45, 2.75) is 20.8 Å². The van der Waals surface area contributed by atoms with Crippen molar-refractivity contribution in [3.63, 3.8) is 0 Å². The van der Waals surface area contributed by atoms with E-state index in [1.807, 2.05) is 39.0 Å².